The van der Waals surface area contributed by atoms with Crippen molar-refractivity contribution in [2.45, 2.75) is 39.2 Å². The molecule has 0 bridgehead atoms. The molecule has 0 amide bonds. The lowest BCUT2D eigenvalue weighted by Gasteiger charge is -2.23. The first-order chi connectivity index (χ1) is 8.50. The molecule has 0 aromatic carbocycles. The maximum Gasteiger partial charge on any atom is 0.113 e. The van der Waals surface area contributed by atoms with Crippen LogP contribution in [0.4, 0.5) is 0 Å². The maximum absolute atomic E-state index is 6.38. The van der Waals surface area contributed by atoms with Crippen molar-refractivity contribution in [1.29, 1.82) is 0 Å². The van der Waals surface area contributed by atoms with Crippen LogP contribution in [0, 0.1) is 6.92 Å². The van der Waals surface area contributed by atoms with E-state index in [1.165, 1.54) is 0 Å². The number of nitrogens with zero attached hydrogens (tertiary/aromatic N) is 3. The van der Waals surface area contributed by atoms with Gasteiger partial charge in [-0.2, -0.15) is 5.10 Å². The van der Waals surface area contributed by atoms with Crippen molar-refractivity contribution in [3.05, 3.63) is 22.3 Å². The molecule has 0 aliphatic heterocycles. The first-order valence-electron chi connectivity index (χ1n) is 6.25. The minimum atomic E-state index is -0.293. The lowest BCUT2D eigenvalue weighted by molar-refractivity contribution is 0.411. The van der Waals surface area contributed by atoms with Gasteiger partial charge in [-0.05, 0) is 19.8 Å². The van der Waals surface area contributed by atoms with Crippen LogP contribution in [-0.2, 0) is 12.6 Å². The van der Waals surface area contributed by atoms with Crippen LogP contribution in [0.15, 0.2) is 11.6 Å². The number of aromatic nitrogens is 3. The fourth-order valence-electron chi connectivity index (χ4n) is 2.03. The van der Waals surface area contributed by atoms with E-state index in [2.05, 4.69) is 24.3 Å². The van der Waals surface area contributed by atoms with Gasteiger partial charge in [0.2, 0.25) is 0 Å². The summed E-state index contributed by atoms with van der Waals surface area (Å²) in [5, 5.41) is 7.44. The Hall–Kier alpha value is -1.20. The minimum absolute atomic E-state index is 0.293. The number of aryl methyl sites for hydroxylation is 2. The molecule has 0 fully saturated rings. The number of hydrogen-bond donors (Lipinski definition) is 1. The largest absolute Gasteiger partial charge is 0.319 e. The first-order valence-corrected chi connectivity index (χ1v) is 7.13. The molecule has 5 heteroatoms. The molecule has 2 N–H and O–H groups in total. The van der Waals surface area contributed by atoms with Gasteiger partial charge in [-0.1, -0.05) is 13.8 Å². The van der Waals surface area contributed by atoms with Crippen molar-refractivity contribution in [3.63, 3.8) is 0 Å². The molecule has 0 saturated heterocycles. The van der Waals surface area contributed by atoms with Gasteiger partial charge in [-0.25, -0.2) is 4.98 Å². The summed E-state index contributed by atoms with van der Waals surface area (Å²) in [6, 6.07) is 0. The van der Waals surface area contributed by atoms with E-state index < -0.39 is 0 Å². The Labute approximate surface area is 112 Å². The molecule has 2 heterocycles. The molecular weight excluding hydrogens is 244 g/mol. The second-order valence-corrected chi connectivity index (χ2v) is 5.56. The summed E-state index contributed by atoms with van der Waals surface area (Å²) in [6.07, 6.45) is 3.81. The highest BCUT2D eigenvalue weighted by Crippen LogP contribution is 2.32. The van der Waals surface area contributed by atoms with Crippen LogP contribution in [0.25, 0.3) is 11.3 Å². The summed E-state index contributed by atoms with van der Waals surface area (Å²) < 4.78 is 1.82. The molecule has 0 spiro atoms. The van der Waals surface area contributed by atoms with Gasteiger partial charge in [-0.3, -0.25) is 4.68 Å². The lowest BCUT2D eigenvalue weighted by atomic mass is 9.95. The quantitative estimate of drug-likeness (QED) is 0.923. The van der Waals surface area contributed by atoms with Gasteiger partial charge in [0.25, 0.3) is 0 Å². The zero-order chi connectivity index (χ0) is 13.3. The van der Waals surface area contributed by atoms with E-state index in [0.29, 0.717) is 0 Å². The molecule has 0 aliphatic rings. The molecule has 2 aromatic heterocycles. The van der Waals surface area contributed by atoms with Crippen LogP contribution in [-0.4, -0.2) is 14.8 Å². The zero-order valence-electron chi connectivity index (χ0n) is 11.4. The lowest BCUT2D eigenvalue weighted by Crippen LogP contribution is -2.34. The fourth-order valence-corrected chi connectivity index (χ4v) is 3.11. The Balaban J connectivity index is 2.39. The molecule has 2 aromatic rings. The highest BCUT2D eigenvalue weighted by atomic mass is 32.1. The molecule has 98 valence electrons. The van der Waals surface area contributed by atoms with E-state index in [4.69, 9.17) is 10.7 Å². The Kier molecular flexibility index (Phi) is 3.54. The fraction of sp³-hybridized carbons (Fsp3) is 0.538. The third kappa shape index (κ3) is 2.20. The summed E-state index contributed by atoms with van der Waals surface area (Å²) in [7, 11) is 1.93. The molecule has 0 atom stereocenters. The molecule has 0 aliphatic carbocycles. The van der Waals surface area contributed by atoms with E-state index in [9.17, 15) is 0 Å². The van der Waals surface area contributed by atoms with Gasteiger partial charge in [0.15, 0.2) is 0 Å². The third-order valence-corrected chi connectivity index (χ3v) is 4.54. The van der Waals surface area contributed by atoms with Crippen molar-refractivity contribution in [2.24, 2.45) is 12.8 Å². The van der Waals surface area contributed by atoms with Crippen LogP contribution in [0.1, 0.15) is 37.4 Å². The van der Waals surface area contributed by atoms with E-state index in [0.717, 1.165) is 34.8 Å². The smallest absolute Gasteiger partial charge is 0.113 e. The highest BCUT2D eigenvalue weighted by molar-refractivity contribution is 7.10. The van der Waals surface area contributed by atoms with Gasteiger partial charge >= 0.3 is 0 Å². The Bertz CT molecular complexity index is 537. The number of rotatable bonds is 4. The summed E-state index contributed by atoms with van der Waals surface area (Å²) in [5.41, 5.74) is 9.17. The van der Waals surface area contributed by atoms with Crippen LogP contribution in [0.3, 0.4) is 0 Å². The standard InChI is InChI=1S/C13H20N4S/c1-5-13(14,6-2)12-15-11(8-18-12)10-7-17(4)16-9(10)3/h7-8H,5-6,14H2,1-4H3. The van der Waals surface area contributed by atoms with Crippen molar-refractivity contribution in [3.8, 4) is 11.3 Å². The van der Waals surface area contributed by atoms with E-state index in [1.807, 2.05) is 24.9 Å². The van der Waals surface area contributed by atoms with Gasteiger partial charge in [0.1, 0.15) is 5.01 Å². The molecular formula is C13H20N4S. The third-order valence-electron chi connectivity index (χ3n) is 3.48. The zero-order valence-corrected chi connectivity index (χ0v) is 12.2. The predicted octanol–water partition coefficient (Wildman–Crippen LogP) is 2.83. The summed E-state index contributed by atoms with van der Waals surface area (Å²) in [6.45, 7) is 6.23. The van der Waals surface area contributed by atoms with E-state index in [1.54, 1.807) is 11.3 Å². The van der Waals surface area contributed by atoms with E-state index >= 15 is 0 Å². The Morgan fingerprint density at radius 1 is 1.39 bits per heavy atom. The molecule has 0 radical (unpaired) electrons. The van der Waals surface area contributed by atoms with Crippen LogP contribution in [0.2, 0.25) is 0 Å². The van der Waals surface area contributed by atoms with Gasteiger partial charge in [0, 0.05) is 24.2 Å². The van der Waals surface area contributed by atoms with Crippen LogP contribution in [0.5, 0.6) is 0 Å². The molecule has 0 unspecified atom stereocenters. The van der Waals surface area contributed by atoms with Crippen molar-refractivity contribution in [2.75, 3.05) is 0 Å². The molecule has 2 rings (SSSR count). The van der Waals surface area contributed by atoms with E-state index in [-0.39, 0.29) is 5.54 Å². The molecule has 18 heavy (non-hydrogen) atoms. The average Bonchev–Trinajstić information content (AvgIpc) is 2.95. The number of nitrogens with two attached hydrogens (primary N) is 1. The van der Waals surface area contributed by atoms with Crippen LogP contribution >= 0.6 is 11.3 Å². The first kappa shape index (κ1) is 13.2. The van der Waals surface area contributed by atoms with Gasteiger partial charge < -0.3 is 5.73 Å². The summed E-state index contributed by atoms with van der Waals surface area (Å²) in [5.74, 6) is 0. The monoisotopic (exact) mass is 264 g/mol. The average molecular weight is 264 g/mol. The normalized spacial score (nSPS) is 12.1. The van der Waals surface area contributed by atoms with Crippen LogP contribution < -0.4 is 5.73 Å². The van der Waals surface area contributed by atoms with Crippen molar-refractivity contribution >= 4 is 11.3 Å². The SMILES string of the molecule is CCC(N)(CC)c1nc(-c2cn(C)nc2C)cs1. The maximum atomic E-state index is 6.38. The Morgan fingerprint density at radius 3 is 2.56 bits per heavy atom. The van der Waals surface area contributed by atoms with Gasteiger partial charge in [-0.15, -0.1) is 11.3 Å². The second-order valence-electron chi connectivity index (χ2n) is 4.70. The minimum Gasteiger partial charge on any atom is -0.319 e. The predicted molar refractivity (Wildman–Crippen MR) is 75.5 cm³/mol. The summed E-state index contributed by atoms with van der Waals surface area (Å²) in [4.78, 5) is 4.71. The van der Waals surface area contributed by atoms with Crippen molar-refractivity contribution in [1.82, 2.24) is 14.8 Å². The molecule has 4 nitrogen and oxygen atoms in total. The van der Waals surface area contributed by atoms with Gasteiger partial charge in [0.05, 0.1) is 16.9 Å². The number of hydrogen-bond acceptors (Lipinski definition) is 4. The number of thiazole rings is 1. The topological polar surface area (TPSA) is 56.7 Å². The second kappa shape index (κ2) is 4.82. The Morgan fingerprint density at radius 2 is 2.06 bits per heavy atom. The summed E-state index contributed by atoms with van der Waals surface area (Å²) >= 11 is 1.65. The van der Waals surface area contributed by atoms with Crippen molar-refractivity contribution < 1.29 is 0 Å². The molecule has 0 saturated carbocycles. The highest BCUT2D eigenvalue weighted by Gasteiger charge is 2.27.